The quantitative estimate of drug-likeness (QED) is 0.805. The molecule has 0 aromatic heterocycles. The van der Waals surface area contributed by atoms with Crippen LogP contribution in [0, 0.1) is 5.92 Å². The largest absolute Gasteiger partial charge is 0.497 e. The van der Waals surface area contributed by atoms with Crippen molar-refractivity contribution in [2.45, 2.75) is 32.7 Å². The van der Waals surface area contributed by atoms with Gasteiger partial charge in [0.05, 0.1) is 19.1 Å². The molecule has 3 amide bonds. The number of hydrogen-bond donors (Lipinski definition) is 1. The van der Waals surface area contributed by atoms with Crippen LogP contribution in [0.3, 0.4) is 0 Å². The van der Waals surface area contributed by atoms with Gasteiger partial charge in [0.1, 0.15) is 5.75 Å². The molecule has 2 atom stereocenters. The van der Waals surface area contributed by atoms with Crippen molar-refractivity contribution in [2.24, 2.45) is 5.92 Å². The molecule has 7 heteroatoms. The summed E-state index contributed by atoms with van der Waals surface area (Å²) >= 11 is 0. The van der Waals surface area contributed by atoms with E-state index in [-0.39, 0.29) is 30.2 Å². The highest BCUT2D eigenvalue weighted by atomic mass is 16.5. The molecule has 2 aromatic rings. The molecule has 7 nitrogen and oxygen atoms in total. The van der Waals surface area contributed by atoms with Gasteiger partial charge in [-0.2, -0.15) is 0 Å². The molecule has 1 fully saturated rings. The van der Waals surface area contributed by atoms with Gasteiger partial charge in [-0.3, -0.25) is 14.4 Å². The second kappa shape index (κ2) is 8.41. The molecule has 2 aliphatic rings. The summed E-state index contributed by atoms with van der Waals surface area (Å²) in [5, 5.41) is 3.03. The minimum absolute atomic E-state index is 0.0199. The van der Waals surface area contributed by atoms with E-state index < -0.39 is 5.92 Å². The molecule has 31 heavy (non-hydrogen) atoms. The summed E-state index contributed by atoms with van der Waals surface area (Å²) in [6.07, 6.45) is 0.964. The Morgan fingerprint density at radius 1 is 1.16 bits per heavy atom. The topological polar surface area (TPSA) is 79.0 Å². The summed E-state index contributed by atoms with van der Waals surface area (Å²) in [7, 11) is 1.61. The number of methoxy groups -OCH3 is 1. The third-order valence-corrected chi connectivity index (χ3v) is 6.12. The van der Waals surface area contributed by atoms with Gasteiger partial charge in [-0.1, -0.05) is 12.1 Å². The molecule has 0 bridgehead atoms. The Hall–Kier alpha value is -3.35. The number of ether oxygens (including phenoxy) is 1. The van der Waals surface area contributed by atoms with Gasteiger partial charge in [-0.05, 0) is 54.8 Å². The van der Waals surface area contributed by atoms with Crippen LogP contribution in [-0.4, -0.2) is 37.9 Å². The number of amides is 3. The average Bonchev–Trinajstić information content (AvgIpc) is 3.36. The van der Waals surface area contributed by atoms with Crippen molar-refractivity contribution < 1.29 is 19.1 Å². The van der Waals surface area contributed by atoms with Gasteiger partial charge in [0.25, 0.3) is 0 Å². The standard InChI is InChI=1S/C24H27N3O4/c1-15(17-4-7-21(31-3)8-5-17)25-24(30)19-13-23(29)27(14-19)20-6-9-22-18(12-20)10-11-26(22)16(2)28/h4-9,12,15,19H,10-11,13-14H2,1-3H3,(H,25,30)/t15-,19-/m0/s1. The summed E-state index contributed by atoms with van der Waals surface area (Å²) in [5.74, 6) is 0.211. The first-order valence-electron chi connectivity index (χ1n) is 10.5. The molecule has 2 heterocycles. The lowest BCUT2D eigenvalue weighted by molar-refractivity contribution is -0.126. The van der Waals surface area contributed by atoms with Crippen molar-refractivity contribution >= 4 is 29.1 Å². The Bertz CT molecular complexity index is 1020. The number of nitrogens with zero attached hydrogens (tertiary/aromatic N) is 2. The summed E-state index contributed by atoms with van der Waals surface area (Å²) in [6, 6.07) is 13.1. The number of anilines is 2. The predicted molar refractivity (Wildman–Crippen MR) is 118 cm³/mol. The average molecular weight is 421 g/mol. The number of benzene rings is 2. The van der Waals surface area contributed by atoms with Crippen molar-refractivity contribution in [3.63, 3.8) is 0 Å². The van der Waals surface area contributed by atoms with Crippen LogP contribution in [0.1, 0.15) is 37.4 Å². The molecule has 162 valence electrons. The van der Waals surface area contributed by atoms with Crippen LogP contribution in [0.25, 0.3) is 0 Å². The summed E-state index contributed by atoms with van der Waals surface area (Å²) in [5.41, 5.74) is 3.73. The first-order valence-corrected chi connectivity index (χ1v) is 10.5. The van der Waals surface area contributed by atoms with Crippen molar-refractivity contribution in [1.29, 1.82) is 0 Å². The highest BCUT2D eigenvalue weighted by Crippen LogP contribution is 2.34. The van der Waals surface area contributed by atoms with Gasteiger partial charge in [0.2, 0.25) is 17.7 Å². The van der Waals surface area contributed by atoms with E-state index >= 15 is 0 Å². The smallest absolute Gasteiger partial charge is 0.227 e. The van der Waals surface area contributed by atoms with E-state index in [2.05, 4.69) is 5.32 Å². The van der Waals surface area contributed by atoms with Gasteiger partial charge in [-0.25, -0.2) is 0 Å². The number of fused-ring (bicyclic) bond motifs is 1. The number of carbonyl (C=O) groups is 3. The minimum atomic E-state index is -0.393. The third kappa shape index (κ3) is 4.13. The zero-order valence-electron chi connectivity index (χ0n) is 18.1. The zero-order valence-corrected chi connectivity index (χ0v) is 18.1. The van der Waals surface area contributed by atoms with Gasteiger partial charge in [-0.15, -0.1) is 0 Å². The Morgan fingerprint density at radius 2 is 1.90 bits per heavy atom. The van der Waals surface area contributed by atoms with Gasteiger partial charge < -0.3 is 19.9 Å². The van der Waals surface area contributed by atoms with Crippen molar-refractivity contribution in [2.75, 3.05) is 30.0 Å². The Morgan fingerprint density at radius 3 is 2.58 bits per heavy atom. The normalized spacial score (nSPS) is 18.7. The number of nitrogens with one attached hydrogen (secondary N) is 1. The molecule has 1 saturated heterocycles. The molecule has 4 rings (SSSR count). The molecule has 0 aliphatic carbocycles. The SMILES string of the molecule is COc1ccc([C@H](C)NC(=O)[C@H]2CC(=O)N(c3ccc4c(c3)CCN4C(C)=O)C2)cc1. The second-order valence-electron chi connectivity index (χ2n) is 8.14. The van der Waals surface area contributed by atoms with Crippen LogP contribution in [0.15, 0.2) is 42.5 Å². The number of rotatable bonds is 5. The lowest BCUT2D eigenvalue weighted by atomic mass is 10.0. The van der Waals surface area contributed by atoms with E-state index in [4.69, 9.17) is 4.74 Å². The first-order chi connectivity index (χ1) is 14.9. The number of hydrogen-bond acceptors (Lipinski definition) is 4. The maximum atomic E-state index is 12.8. The highest BCUT2D eigenvalue weighted by Gasteiger charge is 2.36. The number of carbonyl (C=O) groups excluding carboxylic acids is 3. The Balaban J connectivity index is 1.42. The van der Waals surface area contributed by atoms with Gasteiger partial charge >= 0.3 is 0 Å². The molecule has 0 spiro atoms. The van der Waals surface area contributed by atoms with E-state index in [1.165, 1.54) is 0 Å². The molecule has 0 radical (unpaired) electrons. The van der Waals surface area contributed by atoms with E-state index in [0.29, 0.717) is 13.1 Å². The van der Waals surface area contributed by atoms with Crippen LogP contribution >= 0.6 is 0 Å². The lowest BCUT2D eigenvalue weighted by Gasteiger charge is -2.20. The summed E-state index contributed by atoms with van der Waals surface area (Å²) in [6.45, 7) is 4.50. The fraction of sp³-hybridized carbons (Fsp3) is 0.375. The zero-order chi connectivity index (χ0) is 22.1. The van der Waals surface area contributed by atoms with Crippen LogP contribution in [-0.2, 0) is 20.8 Å². The lowest BCUT2D eigenvalue weighted by Crippen LogP contribution is -2.34. The third-order valence-electron chi connectivity index (χ3n) is 6.12. The molecule has 0 saturated carbocycles. The van der Waals surface area contributed by atoms with E-state index in [1.54, 1.807) is 23.8 Å². The van der Waals surface area contributed by atoms with Gasteiger partial charge in [0.15, 0.2) is 0 Å². The minimum Gasteiger partial charge on any atom is -0.497 e. The molecule has 2 aliphatic heterocycles. The summed E-state index contributed by atoms with van der Waals surface area (Å²) < 4.78 is 5.17. The Labute approximate surface area is 182 Å². The maximum Gasteiger partial charge on any atom is 0.227 e. The summed E-state index contributed by atoms with van der Waals surface area (Å²) in [4.78, 5) is 40.7. The maximum absolute atomic E-state index is 12.8. The van der Waals surface area contributed by atoms with E-state index in [9.17, 15) is 14.4 Å². The van der Waals surface area contributed by atoms with Crippen LogP contribution < -0.4 is 19.9 Å². The van der Waals surface area contributed by atoms with E-state index in [1.807, 2.05) is 49.4 Å². The van der Waals surface area contributed by atoms with Gasteiger partial charge in [0, 0.05) is 37.8 Å². The van der Waals surface area contributed by atoms with Crippen molar-refractivity contribution in [3.8, 4) is 5.75 Å². The fourth-order valence-electron chi connectivity index (χ4n) is 4.32. The van der Waals surface area contributed by atoms with Crippen LogP contribution in [0.2, 0.25) is 0 Å². The van der Waals surface area contributed by atoms with Crippen molar-refractivity contribution in [3.05, 3.63) is 53.6 Å². The molecule has 0 unspecified atom stereocenters. The predicted octanol–water partition coefficient (Wildman–Crippen LogP) is 2.83. The monoisotopic (exact) mass is 421 g/mol. The first kappa shape index (κ1) is 20.9. The molecular formula is C24H27N3O4. The fourth-order valence-corrected chi connectivity index (χ4v) is 4.32. The highest BCUT2D eigenvalue weighted by molar-refractivity contribution is 6.01. The van der Waals surface area contributed by atoms with E-state index in [0.717, 1.165) is 34.7 Å². The molecule has 2 aromatic carbocycles. The van der Waals surface area contributed by atoms with Crippen molar-refractivity contribution in [1.82, 2.24) is 5.32 Å². The molecule has 1 N–H and O–H groups in total. The van der Waals surface area contributed by atoms with Crippen LogP contribution in [0.5, 0.6) is 5.75 Å². The van der Waals surface area contributed by atoms with Crippen LogP contribution in [0.4, 0.5) is 11.4 Å². The molecular weight excluding hydrogens is 394 g/mol. The second-order valence-corrected chi connectivity index (χ2v) is 8.14. The Kier molecular flexibility index (Phi) is 5.67.